The molecule has 5 nitrogen and oxygen atoms in total. The second kappa shape index (κ2) is 3.29. The molecule has 1 heterocycles. The highest BCUT2D eigenvalue weighted by Crippen LogP contribution is 2.04. The van der Waals surface area contributed by atoms with Crippen LogP contribution in [0.15, 0.2) is 0 Å². The van der Waals surface area contributed by atoms with Crippen LogP contribution in [0.25, 0.3) is 0 Å². The fraction of sp³-hybridized carbons (Fsp3) is 1.00. The molecule has 0 aromatic heterocycles. The van der Waals surface area contributed by atoms with Gasteiger partial charge in [0.15, 0.2) is 0 Å². The highest BCUT2D eigenvalue weighted by Gasteiger charge is 2.13. The minimum Gasteiger partial charge on any atom is -0.822 e. The zero-order valence-corrected chi connectivity index (χ0v) is 5.67. The van der Waals surface area contributed by atoms with E-state index in [0.29, 0.717) is 6.10 Å². The Morgan fingerprint density at radius 1 is 1.56 bits per heavy atom. The van der Waals surface area contributed by atoms with E-state index < -0.39 is 7.82 Å². The van der Waals surface area contributed by atoms with E-state index in [9.17, 15) is 0 Å². The Bertz CT molecular complexity index is 105. The summed E-state index contributed by atoms with van der Waals surface area (Å²) in [4.78, 5) is 25.6. The SMILES string of the molecule is CC1CO1.O=P([O-])([O-])[O-]. The summed E-state index contributed by atoms with van der Waals surface area (Å²) in [6.07, 6.45) is 0.583. The van der Waals surface area contributed by atoms with Crippen molar-refractivity contribution in [1.82, 2.24) is 0 Å². The summed E-state index contributed by atoms with van der Waals surface area (Å²) in [6.45, 7) is 3.04. The number of epoxide rings is 1. The predicted octanol–water partition coefficient (Wildman–Crippen LogP) is -2.42. The second-order valence-corrected chi connectivity index (χ2v) is 2.49. The maximum atomic E-state index is 8.55. The van der Waals surface area contributed by atoms with Gasteiger partial charge in [0.05, 0.1) is 12.7 Å². The van der Waals surface area contributed by atoms with Gasteiger partial charge in [-0.1, -0.05) is 0 Å². The summed E-state index contributed by atoms with van der Waals surface area (Å²) in [7, 11) is -5.39. The zero-order valence-electron chi connectivity index (χ0n) is 4.77. The van der Waals surface area contributed by atoms with Gasteiger partial charge in [-0.25, -0.2) is 0 Å². The lowest BCUT2D eigenvalue weighted by molar-refractivity contribution is -0.432. The molecule has 56 valence electrons. The van der Waals surface area contributed by atoms with Crippen molar-refractivity contribution in [3.8, 4) is 0 Å². The van der Waals surface area contributed by atoms with Gasteiger partial charge >= 0.3 is 0 Å². The Kier molecular flexibility index (Phi) is 3.32. The van der Waals surface area contributed by atoms with Gasteiger partial charge in [-0.15, -0.1) is 0 Å². The first-order valence-electron chi connectivity index (χ1n) is 2.24. The van der Waals surface area contributed by atoms with Gasteiger partial charge in [-0.3, -0.25) is 0 Å². The standard InChI is InChI=1S/C3H6O.H3O4P/c1-3-2-4-3;1-5(2,3)4/h3H,2H2,1H3;(H3,1,2,3,4)/p-3. The quantitative estimate of drug-likeness (QED) is 0.285. The highest BCUT2D eigenvalue weighted by atomic mass is 31.2. The van der Waals surface area contributed by atoms with Crippen LogP contribution in [-0.2, 0) is 9.30 Å². The molecular weight excluding hydrogens is 147 g/mol. The molecule has 1 aliphatic rings. The van der Waals surface area contributed by atoms with E-state index >= 15 is 0 Å². The molecule has 0 aliphatic carbocycles. The average molecular weight is 153 g/mol. The van der Waals surface area contributed by atoms with Crippen LogP contribution in [-0.4, -0.2) is 12.7 Å². The molecule has 0 spiro atoms. The number of ether oxygens (including phenoxy) is 1. The molecule has 6 heteroatoms. The van der Waals surface area contributed by atoms with E-state index in [1.807, 2.05) is 0 Å². The van der Waals surface area contributed by atoms with Crippen molar-refractivity contribution < 1.29 is 24.0 Å². The number of phosphoric acid groups is 1. The second-order valence-electron chi connectivity index (χ2n) is 1.59. The Balaban J connectivity index is 0.000000144. The monoisotopic (exact) mass is 153 g/mol. The first kappa shape index (κ1) is 9.07. The first-order chi connectivity index (χ1) is 3.89. The van der Waals surface area contributed by atoms with E-state index in [4.69, 9.17) is 24.0 Å². The van der Waals surface area contributed by atoms with Gasteiger partial charge < -0.3 is 24.0 Å². The van der Waals surface area contributed by atoms with E-state index in [2.05, 4.69) is 6.92 Å². The summed E-state index contributed by atoms with van der Waals surface area (Å²) < 4.78 is 13.3. The molecule has 1 rings (SSSR count). The Morgan fingerprint density at radius 3 is 1.67 bits per heavy atom. The summed E-state index contributed by atoms with van der Waals surface area (Å²) >= 11 is 0. The maximum absolute atomic E-state index is 8.55. The molecule has 1 unspecified atom stereocenters. The molecule has 0 bridgehead atoms. The number of hydrogen-bond acceptors (Lipinski definition) is 5. The molecule has 1 saturated heterocycles. The van der Waals surface area contributed by atoms with Crippen LogP contribution in [0, 0.1) is 0 Å². The molecular formula is C3H6O5P-3. The summed E-state index contributed by atoms with van der Waals surface area (Å²) in [5.74, 6) is 0. The van der Waals surface area contributed by atoms with Gasteiger partial charge in [-0.2, -0.15) is 7.82 Å². The lowest BCUT2D eigenvalue weighted by Crippen LogP contribution is -2.24. The van der Waals surface area contributed by atoms with Crippen molar-refractivity contribution in [2.75, 3.05) is 6.61 Å². The molecule has 1 atom stereocenters. The largest absolute Gasteiger partial charge is 0.822 e. The van der Waals surface area contributed by atoms with Crippen molar-refractivity contribution in [2.24, 2.45) is 0 Å². The number of hydrogen-bond donors (Lipinski definition) is 0. The van der Waals surface area contributed by atoms with Crippen molar-refractivity contribution >= 4 is 7.82 Å². The zero-order chi connectivity index (χ0) is 7.49. The molecule has 0 radical (unpaired) electrons. The first-order valence-corrected chi connectivity index (χ1v) is 3.70. The van der Waals surface area contributed by atoms with Crippen LogP contribution in [0.2, 0.25) is 0 Å². The van der Waals surface area contributed by atoms with E-state index in [0.717, 1.165) is 6.61 Å². The van der Waals surface area contributed by atoms with Crippen molar-refractivity contribution in [1.29, 1.82) is 0 Å². The van der Waals surface area contributed by atoms with Crippen LogP contribution < -0.4 is 14.7 Å². The fourth-order valence-electron chi connectivity index (χ4n) is 0.0962. The lowest BCUT2D eigenvalue weighted by atomic mass is 10.6. The van der Waals surface area contributed by atoms with E-state index in [-0.39, 0.29) is 0 Å². The maximum Gasteiger partial charge on any atom is 0.0781 e. The van der Waals surface area contributed by atoms with Gasteiger partial charge in [0.2, 0.25) is 0 Å². The topological polar surface area (TPSA) is 98.8 Å². The minimum atomic E-state index is -5.39. The van der Waals surface area contributed by atoms with Crippen LogP contribution in [0.1, 0.15) is 6.92 Å². The third-order valence-corrected chi connectivity index (χ3v) is 0.500. The summed E-state index contributed by atoms with van der Waals surface area (Å²) in [6, 6.07) is 0. The van der Waals surface area contributed by atoms with E-state index in [1.54, 1.807) is 0 Å². The molecule has 0 aromatic rings. The van der Waals surface area contributed by atoms with Crippen LogP contribution in [0.4, 0.5) is 0 Å². The Morgan fingerprint density at radius 2 is 1.67 bits per heavy atom. The minimum absolute atomic E-state index is 0.583. The van der Waals surface area contributed by atoms with Gasteiger partial charge in [0.25, 0.3) is 0 Å². The summed E-state index contributed by atoms with van der Waals surface area (Å²) in [5.41, 5.74) is 0. The average Bonchev–Trinajstić information content (AvgIpc) is 2.13. The summed E-state index contributed by atoms with van der Waals surface area (Å²) in [5, 5.41) is 0. The molecule has 0 aromatic carbocycles. The smallest absolute Gasteiger partial charge is 0.0781 e. The van der Waals surface area contributed by atoms with Crippen LogP contribution in [0.5, 0.6) is 0 Å². The Labute approximate surface area is 52.5 Å². The molecule has 0 saturated carbocycles. The molecule has 0 amide bonds. The molecule has 0 N–H and O–H groups in total. The van der Waals surface area contributed by atoms with Gasteiger partial charge in [0.1, 0.15) is 0 Å². The predicted molar refractivity (Wildman–Crippen MR) is 23.0 cm³/mol. The highest BCUT2D eigenvalue weighted by molar-refractivity contribution is 7.40. The van der Waals surface area contributed by atoms with Crippen LogP contribution in [0.3, 0.4) is 0 Å². The van der Waals surface area contributed by atoms with Gasteiger partial charge in [-0.05, 0) is 6.92 Å². The van der Waals surface area contributed by atoms with Gasteiger partial charge in [0, 0.05) is 0 Å². The van der Waals surface area contributed by atoms with Crippen molar-refractivity contribution in [3.63, 3.8) is 0 Å². The molecule has 9 heavy (non-hydrogen) atoms. The number of rotatable bonds is 0. The fourth-order valence-corrected chi connectivity index (χ4v) is 0.0962. The van der Waals surface area contributed by atoms with E-state index in [1.165, 1.54) is 0 Å². The molecule has 1 aliphatic heterocycles. The molecule has 1 fully saturated rings. The van der Waals surface area contributed by atoms with Crippen molar-refractivity contribution in [2.45, 2.75) is 13.0 Å². The van der Waals surface area contributed by atoms with Crippen LogP contribution >= 0.6 is 7.82 Å². The van der Waals surface area contributed by atoms with Crippen molar-refractivity contribution in [3.05, 3.63) is 0 Å². The third-order valence-electron chi connectivity index (χ3n) is 0.500. The third kappa shape index (κ3) is 31.5. The lowest BCUT2D eigenvalue weighted by Gasteiger charge is -2.36. The Hall–Kier alpha value is 0.0700. The normalized spacial score (nSPS) is 24.2.